The first-order chi connectivity index (χ1) is 12.0. The Morgan fingerprint density at radius 2 is 1.32 bits per heavy atom. The van der Waals surface area contributed by atoms with E-state index in [1.165, 1.54) is 28.3 Å². The molecular formula is C23H16F2. The van der Waals surface area contributed by atoms with Gasteiger partial charge < -0.3 is 0 Å². The first-order valence-electron chi connectivity index (χ1n) is 8.18. The third-order valence-electron chi connectivity index (χ3n) is 4.85. The Bertz CT molecular complexity index is 1050. The lowest BCUT2D eigenvalue weighted by molar-refractivity contribution is 0.508. The molecule has 3 aromatic carbocycles. The molecule has 0 N–H and O–H groups in total. The molecule has 1 aliphatic carbocycles. The first-order valence-corrected chi connectivity index (χ1v) is 8.18. The SMILES string of the molecule is CC1(C)c2ccccc2-c2ccc(C#Cc3ccc(F)c(F)c3)cc21. The maximum atomic E-state index is 13.3. The maximum absolute atomic E-state index is 13.3. The van der Waals surface area contributed by atoms with Crippen molar-refractivity contribution in [3.8, 4) is 23.0 Å². The van der Waals surface area contributed by atoms with Gasteiger partial charge in [0.15, 0.2) is 11.6 Å². The van der Waals surface area contributed by atoms with Crippen LogP contribution < -0.4 is 0 Å². The average molecular weight is 330 g/mol. The van der Waals surface area contributed by atoms with Crippen molar-refractivity contribution in [3.63, 3.8) is 0 Å². The fourth-order valence-corrected chi connectivity index (χ4v) is 3.50. The second kappa shape index (κ2) is 5.57. The summed E-state index contributed by atoms with van der Waals surface area (Å²) in [6.07, 6.45) is 0. The molecule has 0 spiro atoms. The highest BCUT2D eigenvalue weighted by Gasteiger charge is 2.34. The summed E-state index contributed by atoms with van der Waals surface area (Å²) in [7, 11) is 0. The van der Waals surface area contributed by atoms with E-state index in [0.717, 1.165) is 17.7 Å². The molecule has 0 atom stereocenters. The molecule has 4 rings (SSSR count). The van der Waals surface area contributed by atoms with Crippen LogP contribution in [0.4, 0.5) is 8.78 Å². The van der Waals surface area contributed by atoms with Crippen molar-refractivity contribution in [2.24, 2.45) is 0 Å². The van der Waals surface area contributed by atoms with Gasteiger partial charge in [0, 0.05) is 16.5 Å². The predicted molar refractivity (Wildman–Crippen MR) is 96.3 cm³/mol. The lowest BCUT2D eigenvalue weighted by Gasteiger charge is -2.21. The van der Waals surface area contributed by atoms with Crippen LogP contribution in [0.2, 0.25) is 0 Å². The predicted octanol–water partition coefficient (Wildman–Crippen LogP) is 5.67. The minimum absolute atomic E-state index is 0.0778. The molecule has 0 nitrogen and oxygen atoms in total. The van der Waals surface area contributed by atoms with E-state index in [1.807, 2.05) is 6.07 Å². The fourth-order valence-electron chi connectivity index (χ4n) is 3.50. The number of hydrogen-bond donors (Lipinski definition) is 0. The third kappa shape index (κ3) is 2.53. The summed E-state index contributed by atoms with van der Waals surface area (Å²) in [6, 6.07) is 18.3. The van der Waals surface area contributed by atoms with Gasteiger partial charge in [-0.1, -0.05) is 56.0 Å². The molecule has 0 bridgehead atoms. The lowest BCUT2D eigenvalue weighted by Crippen LogP contribution is -2.14. The number of benzene rings is 3. The van der Waals surface area contributed by atoms with Crippen LogP contribution in [0.3, 0.4) is 0 Å². The molecule has 0 radical (unpaired) electrons. The number of hydrogen-bond acceptors (Lipinski definition) is 0. The normalized spacial score (nSPS) is 13.6. The third-order valence-corrected chi connectivity index (χ3v) is 4.85. The Morgan fingerprint density at radius 1 is 0.680 bits per heavy atom. The summed E-state index contributed by atoms with van der Waals surface area (Å²) >= 11 is 0. The van der Waals surface area contributed by atoms with Crippen LogP contribution in [0.15, 0.2) is 60.7 Å². The molecular weight excluding hydrogens is 314 g/mol. The smallest absolute Gasteiger partial charge is 0.160 e. The number of rotatable bonds is 0. The molecule has 2 heteroatoms. The molecule has 1 aliphatic rings. The van der Waals surface area contributed by atoms with Gasteiger partial charge >= 0.3 is 0 Å². The molecule has 0 amide bonds. The summed E-state index contributed by atoms with van der Waals surface area (Å²) in [5.41, 5.74) is 6.31. The van der Waals surface area contributed by atoms with Crippen LogP contribution in [-0.4, -0.2) is 0 Å². The van der Waals surface area contributed by atoms with E-state index >= 15 is 0 Å². The van der Waals surface area contributed by atoms with Crippen molar-refractivity contribution in [1.82, 2.24) is 0 Å². The van der Waals surface area contributed by atoms with E-state index in [2.05, 4.69) is 62.1 Å². The Kier molecular flexibility index (Phi) is 3.47. The van der Waals surface area contributed by atoms with Gasteiger partial charge in [-0.15, -0.1) is 0 Å². The van der Waals surface area contributed by atoms with Crippen molar-refractivity contribution in [2.45, 2.75) is 19.3 Å². The van der Waals surface area contributed by atoms with E-state index in [4.69, 9.17) is 0 Å². The molecule has 0 fully saturated rings. The van der Waals surface area contributed by atoms with Gasteiger partial charge in [-0.3, -0.25) is 0 Å². The number of fused-ring (bicyclic) bond motifs is 3. The van der Waals surface area contributed by atoms with E-state index < -0.39 is 11.6 Å². The molecule has 25 heavy (non-hydrogen) atoms. The molecule has 0 unspecified atom stereocenters. The largest absolute Gasteiger partial charge is 0.204 e. The van der Waals surface area contributed by atoms with Gasteiger partial charge in [-0.05, 0) is 52.6 Å². The van der Waals surface area contributed by atoms with Gasteiger partial charge in [0.05, 0.1) is 0 Å². The second-order valence-corrected chi connectivity index (χ2v) is 6.81. The van der Waals surface area contributed by atoms with Gasteiger partial charge in [0.1, 0.15) is 0 Å². The van der Waals surface area contributed by atoms with Crippen LogP contribution in [0.25, 0.3) is 11.1 Å². The highest BCUT2D eigenvalue weighted by atomic mass is 19.2. The van der Waals surface area contributed by atoms with E-state index in [0.29, 0.717) is 5.56 Å². The molecule has 3 aromatic rings. The van der Waals surface area contributed by atoms with Crippen LogP contribution in [0.5, 0.6) is 0 Å². The van der Waals surface area contributed by atoms with Crippen LogP contribution >= 0.6 is 0 Å². The maximum Gasteiger partial charge on any atom is 0.160 e. The summed E-state index contributed by atoms with van der Waals surface area (Å²) in [5, 5.41) is 0. The average Bonchev–Trinajstić information content (AvgIpc) is 2.84. The van der Waals surface area contributed by atoms with Crippen molar-refractivity contribution in [3.05, 3.63) is 94.6 Å². The summed E-state index contributed by atoms with van der Waals surface area (Å²) in [4.78, 5) is 0. The highest BCUT2D eigenvalue weighted by Crippen LogP contribution is 2.48. The second-order valence-electron chi connectivity index (χ2n) is 6.81. The zero-order valence-corrected chi connectivity index (χ0v) is 14.0. The van der Waals surface area contributed by atoms with E-state index in [-0.39, 0.29) is 5.41 Å². The molecule has 0 heterocycles. The van der Waals surface area contributed by atoms with Crippen molar-refractivity contribution < 1.29 is 8.78 Å². The minimum atomic E-state index is -0.877. The summed E-state index contributed by atoms with van der Waals surface area (Å²) < 4.78 is 26.3. The van der Waals surface area contributed by atoms with Crippen LogP contribution in [0.1, 0.15) is 36.1 Å². The van der Waals surface area contributed by atoms with Crippen molar-refractivity contribution in [1.29, 1.82) is 0 Å². The lowest BCUT2D eigenvalue weighted by atomic mass is 9.82. The van der Waals surface area contributed by atoms with E-state index in [1.54, 1.807) is 0 Å². The topological polar surface area (TPSA) is 0 Å². The van der Waals surface area contributed by atoms with Gasteiger partial charge in [0.25, 0.3) is 0 Å². The molecule has 0 aliphatic heterocycles. The van der Waals surface area contributed by atoms with Gasteiger partial charge in [0.2, 0.25) is 0 Å². The zero-order chi connectivity index (χ0) is 17.6. The number of halogens is 2. The van der Waals surface area contributed by atoms with Gasteiger partial charge in [-0.25, -0.2) is 8.78 Å². The monoisotopic (exact) mass is 330 g/mol. The summed E-state index contributed by atoms with van der Waals surface area (Å²) in [5.74, 6) is 4.24. The van der Waals surface area contributed by atoms with Crippen molar-refractivity contribution in [2.75, 3.05) is 0 Å². The van der Waals surface area contributed by atoms with Gasteiger partial charge in [-0.2, -0.15) is 0 Å². The van der Waals surface area contributed by atoms with Crippen LogP contribution in [0, 0.1) is 23.5 Å². The van der Waals surface area contributed by atoms with Crippen LogP contribution in [-0.2, 0) is 5.41 Å². The Labute approximate surface area is 146 Å². The quantitative estimate of drug-likeness (QED) is 0.466. The molecule has 0 saturated carbocycles. The molecule has 122 valence electrons. The fraction of sp³-hybridized carbons (Fsp3) is 0.130. The zero-order valence-electron chi connectivity index (χ0n) is 14.0. The Hall–Kier alpha value is -2.92. The summed E-state index contributed by atoms with van der Waals surface area (Å²) in [6.45, 7) is 4.43. The first kappa shape index (κ1) is 15.6. The Morgan fingerprint density at radius 3 is 2.08 bits per heavy atom. The standard InChI is InChI=1S/C23H16F2/c1-23(2)19-6-4-3-5-17(19)18-11-9-15(13-20(18)23)7-8-16-10-12-21(24)22(25)14-16/h3-6,9-14H,1-2H3. The highest BCUT2D eigenvalue weighted by molar-refractivity contribution is 5.81. The Balaban J connectivity index is 1.76. The molecule has 0 aromatic heterocycles. The minimum Gasteiger partial charge on any atom is -0.204 e. The molecule has 0 saturated heterocycles. The van der Waals surface area contributed by atoms with Crippen molar-refractivity contribution >= 4 is 0 Å². The van der Waals surface area contributed by atoms with E-state index in [9.17, 15) is 8.78 Å².